The zero-order valence-electron chi connectivity index (χ0n) is 11.3. The van der Waals surface area contributed by atoms with E-state index in [1.54, 1.807) is 6.07 Å². The molecule has 19 heavy (non-hydrogen) atoms. The van der Waals surface area contributed by atoms with Crippen LogP contribution in [0.1, 0.15) is 30.5 Å². The number of benzene rings is 2. The van der Waals surface area contributed by atoms with Crippen LogP contribution in [0.5, 0.6) is 0 Å². The fourth-order valence-electron chi connectivity index (χ4n) is 2.20. The molecular formula is C17H20FN. The summed E-state index contributed by atoms with van der Waals surface area (Å²) in [6.07, 6.45) is 1.75. The normalized spacial score (nSPS) is 12.3. The molecule has 1 N–H and O–H groups in total. The minimum absolute atomic E-state index is 0.123. The van der Waals surface area contributed by atoms with Gasteiger partial charge in [-0.2, -0.15) is 0 Å². The van der Waals surface area contributed by atoms with Crippen LogP contribution in [0, 0.1) is 5.82 Å². The first-order valence-electron chi connectivity index (χ1n) is 6.83. The van der Waals surface area contributed by atoms with Gasteiger partial charge in [-0.15, -0.1) is 0 Å². The van der Waals surface area contributed by atoms with E-state index in [0.29, 0.717) is 6.42 Å². The first-order valence-corrected chi connectivity index (χ1v) is 6.83. The van der Waals surface area contributed by atoms with E-state index in [1.807, 2.05) is 30.3 Å². The van der Waals surface area contributed by atoms with Crippen LogP contribution in [0.15, 0.2) is 54.6 Å². The summed E-state index contributed by atoms with van der Waals surface area (Å²) in [6.45, 7) is 3.08. The van der Waals surface area contributed by atoms with E-state index in [9.17, 15) is 4.39 Å². The Morgan fingerprint density at radius 2 is 1.68 bits per heavy atom. The van der Waals surface area contributed by atoms with E-state index >= 15 is 0 Å². The van der Waals surface area contributed by atoms with E-state index in [4.69, 9.17) is 0 Å². The minimum Gasteiger partial charge on any atom is -0.310 e. The highest BCUT2D eigenvalue weighted by Crippen LogP contribution is 2.20. The SMILES string of the molecule is CCCNC(Cc1ccccc1F)c1ccccc1. The van der Waals surface area contributed by atoms with E-state index in [0.717, 1.165) is 18.5 Å². The molecule has 0 heterocycles. The summed E-state index contributed by atoms with van der Waals surface area (Å²) in [4.78, 5) is 0. The first-order chi connectivity index (χ1) is 9.31. The van der Waals surface area contributed by atoms with Crippen LogP contribution in [0.25, 0.3) is 0 Å². The van der Waals surface area contributed by atoms with Gasteiger partial charge in [0.2, 0.25) is 0 Å². The fourth-order valence-corrected chi connectivity index (χ4v) is 2.20. The summed E-state index contributed by atoms with van der Waals surface area (Å²) < 4.78 is 13.8. The molecule has 0 saturated heterocycles. The Morgan fingerprint density at radius 3 is 2.37 bits per heavy atom. The molecule has 1 unspecified atom stereocenters. The molecule has 0 saturated carbocycles. The minimum atomic E-state index is -0.123. The molecule has 2 rings (SSSR count). The van der Waals surface area contributed by atoms with Crippen molar-refractivity contribution in [2.75, 3.05) is 6.54 Å². The second-order valence-corrected chi connectivity index (χ2v) is 4.71. The number of hydrogen-bond acceptors (Lipinski definition) is 1. The van der Waals surface area contributed by atoms with Crippen molar-refractivity contribution in [3.63, 3.8) is 0 Å². The number of rotatable bonds is 6. The lowest BCUT2D eigenvalue weighted by Gasteiger charge is -2.19. The second-order valence-electron chi connectivity index (χ2n) is 4.71. The standard InChI is InChI=1S/C17H20FN/c1-2-12-19-17(14-8-4-3-5-9-14)13-15-10-6-7-11-16(15)18/h3-11,17,19H,2,12-13H2,1H3. The summed E-state index contributed by atoms with van der Waals surface area (Å²) in [7, 11) is 0. The molecule has 0 fully saturated rings. The van der Waals surface area contributed by atoms with Gasteiger partial charge in [-0.05, 0) is 36.6 Å². The third-order valence-corrected chi connectivity index (χ3v) is 3.22. The Bertz CT molecular complexity index is 496. The summed E-state index contributed by atoms with van der Waals surface area (Å²) in [5, 5.41) is 3.49. The maximum absolute atomic E-state index is 13.8. The van der Waals surface area contributed by atoms with Crippen molar-refractivity contribution in [1.29, 1.82) is 0 Å². The quantitative estimate of drug-likeness (QED) is 0.821. The predicted octanol–water partition coefficient (Wildman–Crippen LogP) is 4.11. The van der Waals surface area contributed by atoms with Gasteiger partial charge in [0.05, 0.1) is 0 Å². The van der Waals surface area contributed by atoms with Crippen molar-refractivity contribution < 1.29 is 4.39 Å². The van der Waals surface area contributed by atoms with Gasteiger partial charge >= 0.3 is 0 Å². The van der Waals surface area contributed by atoms with Crippen LogP contribution in [0.3, 0.4) is 0 Å². The topological polar surface area (TPSA) is 12.0 Å². The Kier molecular flexibility index (Phi) is 5.10. The van der Waals surface area contributed by atoms with Crippen LogP contribution >= 0.6 is 0 Å². The molecule has 1 nitrogen and oxygen atoms in total. The van der Waals surface area contributed by atoms with Gasteiger partial charge in [-0.3, -0.25) is 0 Å². The van der Waals surface area contributed by atoms with E-state index in [-0.39, 0.29) is 11.9 Å². The van der Waals surface area contributed by atoms with Crippen molar-refractivity contribution >= 4 is 0 Å². The molecule has 0 aromatic heterocycles. The lowest BCUT2D eigenvalue weighted by Crippen LogP contribution is -2.24. The number of halogens is 1. The molecule has 1 atom stereocenters. The zero-order chi connectivity index (χ0) is 13.5. The Hall–Kier alpha value is -1.67. The lowest BCUT2D eigenvalue weighted by molar-refractivity contribution is 0.513. The third kappa shape index (κ3) is 3.90. The molecule has 0 aliphatic rings. The lowest BCUT2D eigenvalue weighted by atomic mass is 9.98. The van der Waals surface area contributed by atoms with Crippen LogP contribution in [0.2, 0.25) is 0 Å². The molecule has 0 amide bonds. The van der Waals surface area contributed by atoms with Crippen molar-refractivity contribution in [2.45, 2.75) is 25.8 Å². The second kappa shape index (κ2) is 7.05. The fraction of sp³-hybridized carbons (Fsp3) is 0.294. The molecule has 2 aromatic carbocycles. The number of nitrogens with one attached hydrogen (secondary N) is 1. The zero-order valence-corrected chi connectivity index (χ0v) is 11.3. The highest BCUT2D eigenvalue weighted by molar-refractivity contribution is 5.24. The molecule has 100 valence electrons. The first kappa shape index (κ1) is 13.8. The Balaban J connectivity index is 2.17. The molecular weight excluding hydrogens is 237 g/mol. The van der Waals surface area contributed by atoms with Gasteiger partial charge in [0.15, 0.2) is 0 Å². The maximum Gasteiger partial charge on any atom is 0.126 e. The van der Waals surface area contributed by atoms with Gasteiger partial charge in [-0.1, -0.05) is 55.5 Å². The van der Waals surface area contributed by atoms with Crippen LogP contribution in [-0.2, 0) is 6.42 Å². The Labute approximate surface area is 114 Å². The molecule has 2 heteroatoms. The molecule has 0 radical (unpaired) electrons. The summed E-state index contributed by atoms with van der Waals surface area (Å²) in [6, 6.07) is 17.4. The van der Waals surface area contributed by atoms with E-state index < -0.39 is 0 Å². The van der Waals surface area contributed by atoms with Gasteiger partial charge in [0, 0.05) is 6.04 Å². The van der Waals surface area contributed by atoms with Crippen molar-refractivity contribution in [1.82, 2.24) is 5.32 Å². The molecule has 0 bridgehead atoms. The largest absolute Gasteiger partial charge is 0.310 e. The molecule has 0 aliphatic heterocycles. The average molecular weight is 257 g/mol. The van der Waals surface area contributed by atoms with E-state index in [2.05, 4.69) is 24.4 Å². The molecule has 2 aromatic rings. The van der Waals surface area contributed by atoms with Crippen LogP contribution < -0.4 is 5.32 Å². The smallest absolute Gasteiger partial charge is 0.126 e. The molecule has 0 aliphatic carbocycles. The van der Waals surface area contributed by atoms with Gasteiger partial charge < -0.3 is 5.32 Å². The maximum atomic E-state index is 13.8. The van der Waals surface area contributed by atoms with Gasteiger partial charge in [0.25, 0.3) is 0 Å². The molecule has 0 spiro atoms. The van der Waals surface area contributed by atoms with Gasteiger partial charge in [0.1, 0.15) is 5.82 Å². The third-order valence-electron chi connectivity index (χ3n) is 3.22. The van der Waals surface area contributed by atoms with Crippen molar-refractivity contribution in [3.8, 4) is 0 Å². The highest BCUT2D eigenvalue weighted by atomic mass is 19.1. The monoisotopic (exact) mass is 257 g/mol. The highest BCUT2D eigenvalue weighted by Gasteiger charge is 2.13. The summed E-state index contributed by atoms with van der Waals surface area (Å²) in [5.74, 6) is -0.123. The predicted molar refractivity (Wildman–Crippen MR) is 77.6 cm³/mol. The van der Waals surface area contributed by atoms with Crippen molar-refractivity contribution in [2.24, 2.45) is 0 Å². The summed E-state index contributed by atoms with van der Waals surface area (Å²) in [5.41, 5.74) is 1.97. The van der Waals surface area contributed by atoms with Crippen LogP contribution in [-0.4, -0.2) is 6.54 Å². The average Bonchev–Trinajstić information content (AvgIpc) is 2.46. The van der Waals surface area contributed by atoms with E-state index in [1.165, 1.54) is 11.6 Å². The number of hydrogen-bond donors (Lipinski definition) is 1. The Morgan fingerprint density at radius 1 is 1.00 bits per heavy atom. The van der Waals surface area contributed by atoms with Crippen LogP contribution in [0.4, 0.5) is 4.39 Å². The van der Waals surface area contributed by atoms with Crippen molar-refractivity contribution in [3.05, 3.63) is 71.5 Å². The van der Waals surface area contributed by atoms with Gasteiger partial charge in [-0.25, -0.2) is 4.39 Å². The summed E-state index contributed by atoms with van der Waals surface area (Å²) >= 11 is 0.